The fourth-order valence-corrected chi connectivity index (χ4v) is 1.77. The summed E-state index contributed by atoms with van der Waals surface area (Å²) in [4.78, 5) is 4.45. The predicted octanol–water partition coefficient (Wildman–Crippen LogP) is 1.65. The summed E-state index contributed by atoms with van der Waals surface area (Å²) in [5.41, 5.74) is 0.791. The van der Waals surface area contributed by atoms with Gasteiger partial charge in [0.25, 0.3) is 0 Å². The highest BCUT2D eigenvalue weighted by Crippen LogP contribution is 2.31. The van der Waals surface area contributed by atoms with Crippen molar-refractivity contribution < 1.29 is 14.2 Å². The van der Waals surface area contributed by atoms with Crippen LogP contribution in [0.1, 0.15) is 5.82 Å². The van der Waals surface area contributed by atoms with Gasteiger partial charge in [0.05, 0.1) is 19.8 Å². The van der Waals surface area contributed by atoms with E-state index in [1.807, 2.05) is 25.2 Å². The average molecular weight is 263 g/mol. The maximum atomic E-state index is 5.33. The van der Waals surface area contributed by atoms with Gasteiger partial charge in [-0.2, -0.15) is 5.10 Å². The molecule has 0 aliphatic rings. The molecule has 0 amide bonds. The van der Waals surface area contributed by atoms with Crippen LogP contribution in [0.15, 0.2) is 18.2 Å². The molecule has 0 radical (unpaired) electrons. The maximum Gasteiger partial charge on any atom is 0.185 e. The summed E-state index contributed by atoms with van der Waals surface area (Å²) in [6, 6.07) is 5.52. The summed E-state index contributed by atoms with van der Waals surface area (Å²) in [5.74, 6) is 2.78. The summed E-state index contributed by atoms with van der Waals surface area (Å²) >= 11 is 0. The first-order valence-electron chi connectivity index (χ1n) is 5.80. The van der Waals surface area contributed by atoms with Gasteiger partial charge in [-0.1, -0.05) is 0 Å². The van der Waals surface area contributed by atoms with Crippen LogP contribution in [0, 0.1) is 0 Å². The Morgan fingerprint density at radius 2 is 1.95 bits per heavy atom. The Hall–Kier alpha value is -2.08. The molecule has 19 heavy (non-hydrogen) atoms. The predicted molar refractivity (Wildman–Crippen MR) is 70.3 cm³/mol. The van der Waals surface area contributed by atoms with Crippen molar-refractivity contribution in [1.82, 2.24) is 14.8 Å². The highest BCUT2D eigenvalue weighted by molar-refractivity contribution is 5.66. The van der Waals surface area contributed by atoms with Gasteiger partial charge >= 0.3 is 0 Å². The van der Waals surface area contributed by atoms with Crippen LogP contribution in [0.25, 0.3) is 11.4 Å². The van der Waals surface area contributed by atoms with Crippen LogP contribution in [0.5, 0.6) is 11.5 Å². The third kappa shape index (κ3) is 2.68. The van der Waals surface area contributed by atoms with Gasteiger partial charge in [-0.15, -0.1) is 0 Å². The normalized spacial score (nSPS) is 10.5. The minimum atomic E-state index is 0.412. The van der Waals surface area contributed by atoms with Crippen LogP contribution in [0.3, 0.4) is 0 Å². The third-order valence-electron chi connectivity index (χ3n) is 2.77. The number of hydrogen-bond donors (Lipinski definition) is 0. The number of aryl methyl sites for hydroxylation is 1. The fourth-order valence-electron chi connectivity index (χ4n) is 1.77. The number of aromatic nitrogens is 3. The van der Waals surface area contributed by atoms with Crippen molar-refractivity contribution in [2.24, 2.45) is 7.05 Å². The lowest BCUT2D eigenvalue weighted by atomic mass is 10.2. The topological polar surface area (TPSA) is 58.4 Å². The molecule has 0 fully saturated rings. The number of nitrogens with zero attached hydrogens (tertiary/aromatic N) is 3. The van der Waals surface area contributed by atoms with Gasteiger partial charge in [-0.05, 0) is 18.2 Å². The van der Waals surface area contributed by atoms with Gasteiger partial charge in [0, 0.05) is 14.2 Å². The van der Waals surface area contributed by atoms with E-state index in [-0.39, 0.29) is 0 Å². The molecule has 0 saturated heterocycles. The van der Waals surface area contributed by atoms with Gasteiger partial charge in [0.1, 0.15) is 18.1 Å². The second-order valence-electron chi connectivity index (χ2n) is 3.97. The zero-order chi connectivity index (χ0) is 13.8. The molecule has 0 aliphatic heterocycles. The Kier molecular flexibility index (Phi) is 4.01. The van der Waals surface area contributed by atoms with Crippen LogP contribution in [-0.4, -0.2) is 36.1 Å². The van der Waals surface area contributed by atoms with Gasteiger partial charge < -0.3 is 14.2 Å². The highest BCUT2D eigenvalue weighted by atomic mass is 16.5. The fraction of sp³-hybridized carbons (Fsp3) is 0.385. The first kappa shape index (κ1) is 13.4. The van der Waals surface area contributed by atoms with Gasteiger partial charge in [0.2, 0.25) is 0 Å². The number of benzene rings is 1. The molecule has 0 aliphatic carbocycles. The van der Waals surface area contributed by atoms with Crippen molar-refractivity contribution in [3.8, 4) is 22.9 Å². The largest absolute Gasteiger partial charge is 0.497 e. The summed E-state index contributed by atoms with van der Waals surface area (Å²) in [6.07, 6.45) is 0. The highest BCUT2D eigenvalue weighted by Gasteiger charge is 2.14. The molecule has 0 unspecified atom stereocenters. The van der Waals surface area contributed by atoms with Gasteiger partial charge in [-0.25, -0.2) is 4.98 Å². The minimum Gasteiger partial charge on any atom is -0.497 e. The summed E-state index contributed by atoms with van der Waals surface area (Å²) in [5, 5.41) is 4.37. The van der Waals surface area contributed by atoms with Crippen LogP contribution < -0.4 is 9.47 Å². The molecule has 1 aromatic carbocycles. The van der Waals surface area contributed by atoms with Crippen molar-refractivity contribution >= 4 is 0 Å². The number of hydrogen-bond acceptors (Lipinski definition) is 5. The molecular weight excluding hydrogens is 246 g/mol. The molecule has 0 bridgehead atoms. The van der Waals surface area contributed by atoms with E-state index in [0.29, 0.717) is 18.2 Å². The Balaban J connectivity index is 2.47. The number of methoxy groups -OCH3 is 3. The molecular formula is C13H17N3O3. The van der Waals surface area contributed by atoms with Crippen LogP contribution in [0.4, 0.5) is 0 Å². The Labute approximate surface area is 111 Å². The number of rotatable bonds is 5. The molecule has 102 valence electrons. The molecule has 6 nitrogen and oxygen atoms in total. The summed E-state index contributed by atoms with van der Waals surface area (Å²) in [7, 11) is 6.69. The Bertz CT molecular complexity index is 566. The van der Waals surface area contributed by atoms with E-state index >= 15 is 0 Å². The minimum absolute atomic E-state index is 0.412. The van der Waals surface area contributed by atoms with Crippen molar-refractivity contribution in [2.75, 3.05) is 21.3 Å². The van der Waals surface area contributed by atoms with E-state index in [2.05, 4.69) is 10.1 Å². The standard InChI is InChI=1S/C13H17N3O3/c1-16-12(8-17-2)14-13(15-16)10-7-9(18-3)5-6-11(10)19-4/h5-7H,8H2,1-4H3. The van der Waals surface area contributed by atoms with E-state index in [1.54, 1.807) is 26.0 Å². The lowest BCUT2D eigenvalue weighted by molar-refractivity contribution is 0.174. The molecule has 6 heteroatoms. The zero-order valence-corrected chi connectivity index (χ0v) is 11.5. The average Bonchev–Trinajstić information content (AvgIpc) is 2.80. The lowest BCUT2D eigenvalue weighted by Crippen LogP contribution is -2.00. The van der Waals surface area contributed by atoms with E-state index < -0.39 is 0 Å². The van der Waals surface area contributed by atoms with E-state index in [1.165, 1.54) is 0 Å². The summed E-state index contributed by atoms with van der Waals surface area (Å²) in [6.45, 7) is 0.412. The smallest absolute Gasteiger partial charge is 0.185 e. The van der Waals surface area contributed by atoms with Crippen LogP contribution in [0.2, 0.25) is 0 Å². The molecule has 0 N–H and O–H groups in total. The Morgan fingerprint density at radius 3 is 2.58 bits per heavy atom. The van der Waals surface area contributed by atoms with Crippen LogP contribution in [-0.2, 0) is 18.4 Å². The monoisotopic (exact) mass is 263 g/mol. The summed E-state index contributed by atoms with van der Waals surface area (Å²) < 4.78 is 17.3. The van der Waals surface area contributed by atoms with Gasteiger partial charge in [-0.3, -0.25) is 4.68 Å². The first-order valence-corrected chi connectivity index (χ1v) is 5.80. The molecule has 0 saturated carbocycles. The van der Waals surface area contributed by atoms with Crippen molar-refractivity contribution in [2.45, 2.75) is 6.61 Å². The second kappa shape index (κ2) is 5.71. The molecule has 1 heterocycles. The van der Waals surface area contributed by atoms with E-state index in [9.17, 15) is 0 Å². The van der Waals surface area contributed by atoms with Crippen molar-refractivity contribution in [3.63, 3.8) is 0 Å². The lowest BCUT2D eigenvalue weighted by Gasteiger charge is -2.07. The molecule has 1 aromatic heterocycles. The molecule has 0 atom stereocenters. The molecule has 2 aromatic rings. The third-order valence-corrected chi connectivity index (χ3v) is 2.77. The van der Waals surface area contributed by atoms with E-state index in [0.717, 1.165) is 17.1 Å². The maximum absolute atomic E-state index is 5.33. The quantitative estimate of drug-likeness (QED) is 0.821. The van der Waals surface area contributed by atoms with E-state index in [4.69, 9.17) is 14.2 Å². The first-order chi connectivity index (χ1) is 9.19. The molecule has 2 rings (SSSR count). The zero-order valence-electron chi connectivity index (χ0n) is 11.5. The Morgan fingerprint density at radius 1 is 1.16 bits per heavy atom. The molecule has 0 spiro atoms. The van der Waals surface area contributed by atoms with Crippen LogP contribution >= 0.6 is 0 Å². The SMILES string of the molecule is COCc1nc(-c2cc(OC)ccc2OC)nn1C. The second-order valence-corrected chi connectivity index (χ2v) is 3.97. The van der Waals surface area contributed by atoms with Crippen molar-refractivity contribution in [1.29, 1.82) is 0 Å². The number of ether oxygens (including phenoxy) is 3. The van der Waals surface area contributed by atoms with Crippen molar-refractivity contribution in [3.05, 3.63) is 24.0 Å². The van der Waals surface area contributed by atoms with Gasteiger partial charge in [0.15, 0.2) is 11.6 Å².